The number of sulfonamides is 1. The van der Waals surface area contributed by atoms with E-state index in [1.165, 1.54) is 36.4 Å². The lowest BCUT2D eigenvalue weighted by molar-refractivity contribution is 0.0729. The number of aliphatic imine (C=N–C) groups is 1. The molecule has 30 heavy (non-hydrogen) atoms. The van der Waals surface area contributed by atoms with E-state index in [1.54, 1.807) is 7.05 Å². The molecule has 2 aliphatic rings. The maximum Gasteiger partial charge on any atom is 0.218 e. The van der Waals surface area contributed by atoms with Gasteiger partial charge in [0.1, 0.15) is 0 Å². The molecule has 0 spiro atoms. The van der Waals surface area contributed by atoms with Gasteiger partial charge < -0.3 is 15.4 Å². The van der Waals surface area contributed by atoms with Crippen LogP contribution in [0.5, 0.6) is 0 Å². The second kappa shape index (κ2) is 11.7. The van der Waals surface area contributed by atoms with E-state index in [9.17, 15) is 8.42 Å². The van der Waals surface area contributed by atoms with Crippen LogP contribution in [0.25, 0.3) is 0 Å². The number of nitrogens with zero attached hydrogens (tertiary/aromatic N) is 2. The molecule has 7 nitrogen and oxygen atoms in total. The Morgan fingerprint density at radius 3 is 2.53 bits per heavy atom. The molecule has 0 unspecified atom stereocenters. The van der Waals surface area contributed by atoms with Crippen molar-refractivity contribution in [2.24, 2.45) is 10.9 Å². The molecule has 8 heteroatoms. The predicted octanol–water partition coefficient (Wildman–Crippen LogP) is 2.48. The summed E-state index contributed by atoms with van der Waals surface area (Å²) in [5.74, 6) is 1.67. The number of nitrogens with one attached hydrogen (secondary N) is 2. The van der Waals surface area contributed by atoms with Gasteiger partial charge in [-0.2, -0.15) is 4.31 Å². The quantitative estimate of drug-likeness (QED) is 0.353. The van der Waals surface area contributed by atoms with Crippen LogP contribution >= 0.6 is 0 Å². The van der Waals surface area contributed by atoms with E-state index in [0.29, 0.717) is 32.8 Å². The van der Waals surface area contributed by atoms with Gasteiger partial charge in [0.15, 0.2) is 5.96 Å². The van der Waals surface area contributed by atoms with E-state index < -0.39 is 10.0 Å². The molecule has 0 bridgehead atoms. The standard InChI is InChI=1S/C22H36N4O3S/c1-23-22(24-12-6-9-19-7-2-3-8-19)25-17-20-10-4-5-11-21(20)18-30(27,28)26-13-15-29-16-14-26/h4-5,10-11,19H,2-3,6-9,12-18H2,1H3,(H2,23,24,25). The van der Waals surface area contributed by atoms with Crippen LogP contribution in [0.1, 0.15) is 49.7 Å². The van der Waals surface area contributed by atoms with Crippen molar-refractivity contribution < 1.29 is 13.2 Å². The molecule has 168 valence electrons. The Morgan fingerprint density at radius 1 is 1.13 bits per heavy atom. The Labute approximate surface area is 181 Å². The largest absolute Gasteiger partial charge is 0.379 e. The van der Waals surface area contributed by atoms with E-state index in [-0.39, 0.29) is 5.75 Å². The molecule has 0 aromatic heterocycles. The van der Waals surface area contributed by atoms with Crippen molar-refractivity contribution in [2.45, 2.75) is 50.8 Å². The van der Waals surface area contributed by atoms with Crippen LogP contribution in [-0.4, -0.2) is 58.6 Å². The highest BCUT2D eigenvalue weighted by Crippen LogP contribution is 2.28. The number of morpholine rings is 1. The summed E-state index contributed by atoms with van der Waals surface area (Å²) >= 11 is 0. The number of guanidine groups is 1. The van der Waals surface area contributed by atoms with E-state index in [4.69, 9.17) is 4.74 Å². The third-order valence-corrected chi connectivity index (χ3v) is 7.87. The van der Waals surface area contributed by atoms with Crippen LogP contribution in [0.2, 0.25) is 0 Å². The molecule has 1 saturated carbocycles. The Kier molecular flexibility index (Phi) is 8.96. The number of hydrogen-bond acceptors (Lipinski definition) is 4. The highest BCUT2D eigenvalue weighted by Gasteiger charge is 2.25. The minimum atomic E-state index is -3.35. The average molecular weight is 437 g/mol. The number of rotatable bonds is 9. The Balaban J connectivity index is 1.49. The minimum Gasteiger partial charge on any atom is -0.379 e. The fourth-order valence-electron chi connectivity index (χ4n) is 4.28. The van der Waals surface area contributed by atoms with E-state index in [1.807, 2.05) is 24.3 Å². The molecule has 1 aliphatic heterocycles. The van der Waals surface area contributed by atoms with Gasteiger partial charge in [-0.25, -0.2) is 8.42 Å². The predicted molar refractivity (Wildman–Crippen MR) is 121 cm³/mol. The molecule has 0 radical (unpaired) electrons. The first-order valence-corrected chi connectivity index (χ1v) is 12.8. The van der Waals surface area contributed by atoms with Crippen molar-refractivity contribution in [3.63, 3.8) is 0 Å². The van der Waals surface area contributed by atoms with Gasteiger partial charge >= 0.3 is 0 Å². The first-order chi connectivity index (χ1) is 14.6. The first kappa shape index (κ1) is 23.0. The summed E-state index contributed by atoms with van der Waals surface area (Å²) < 4.78 is 32.4. The Morgan fingerprint density at radius 2 is 1.83 bits per heavy atom. The minimum absolute atomic E-state index is 0.0122. The SMILES string of the molecule is CN=C(NCCCC1CCCC1)NCc1ccccc1CS(=O)(=O)N1CCOCC1. The Hall–Kier alpha value is -1.64. The average Bonchev–Trinajstić information content (AvgIpc) is 3.28. The summed E-state index contributed by atoms with van der Waals surface area (Å²) in [7, 11) is -1.58. The molecule has 0 atom stereocenters. The van der Waals surface area contributed by atoms with Crippen molar-refractivity contribution in [2.75, 3.05) is 39.9 Å². The molecule has 3 rings (SSSR count). The lowest BCUT2D eigenvalue weighted by Crippen LogP contribution is -2.41. The molecule has 2 fully saturated rings. The van der Waals surface area contributed by atoms with Crippen LogP contribution < -0.4 is 10.6 Å². The van der Waals surface area contributed by atoms with Crippen molar-refractivity contribution in [3.05, 3.63) is 35.4 Å². The third-order valence-electron chi connectivity index (χ3n) is 6.05. The van der Waals surface area contributed by atoms with Gasteiger partial charge in [0.25, 0.3) is 0 Å². The number of hydrogen-bond donors (Lipinski definition) is 2. The summed E-state index contributed by atoms with van der Waals surface area (Å²) in [5, 5.41) is 6.71. The van der Waals surface area contributed by atoms with Crippen LogP contribution in [0.3, 0.4) is 0 Å². The van der Waals surface area contributed by atoms with Crippen LogP contribution in [0, 0.1) is 5.92 Å². The molecule has 1 heterocycles. The van der Waals surface area contributed by atoms with Crippen LogP contribution in [0.4, 0.5) is 0 Å². The van der Waals surface area contributed by atoms with Crippen molar-refractivity contribution in [1.29, 1.82) is 0 Å². The maximum absolute atomic E-state index is 12.8. The first-order valence-electron chi connectivity index (χ1n) is 11.2. The smallest absolute Gasteiger partial charge is 0.218 e. The molecule has 2 N–H and O–H groups in total. The van der Waals surface area contributed by atoms with Gasteiger partial charge in [0.2, 0.25) is 10.0 Å². The van der Waals surface area contributed by atoms with Gasteiger partial charge in [-0.15, -0.1) is 0 Å². The fraction of sp³-hybridized carbons (Fsp3) is 0.682. The molecule has 1 aromatic carbocycles. The number of benzene rings is 1. The number of ether oxygens (including phenoxy) is 1. The van der Waals surface area contributed by atoms with E-state index in [0.717, 1.165) is 36.0 Å². The summed E-state index contributed by atoms with van der Waals surface area (Å²) in [6, 6.07) is 7.71. The molecule has 0 amide bonds. The lowest BCUT2D eigenvalue weighted by atomic mass is 10.0. The fourth-order valence-corrected chi connectivity index (χ4v) is 5.84. The molecular formula is C22H36N4O3S. The normalized spacial score (nSPS) is 19.2. The summed E-state index contributed by atoms with van der Waals surface area (Å²) in [5.41, 5.74) is 1.80. The topological polar surface area (TPSA) is 83.0 Å². The molecule has 1 aromatic rings. The summed E-state index contributed by atoms with van der Waals surface area (Å²) in [4.78, 5) is 4.30. The molecule has 1 saturated heterocycles. The zero-order valence-electron chi connectivity index (χ0n) is 18.1. The second-order valence-corrected chi connectivity index (χ2v) is 10.2. The van der Waals surface area contributed by atoms with Gasteiger partial charge in [0, 0.05) is 33.2 Å². The lowest BCUT2D eigenvalue weighted by Gasteiger charge is -2.26. The van der Waals surface area contributed by atoms with E-state index >= 15 is 0 Å². The highest BCUT2D eigenvalue weighted by molar-refractivity contribution is 7.88. The third kappa shape index (κ3) is 6.96. The zero-order chi connectivity index (χ0) is 21.2. The van der Waals surface area contributed by atoms with Crippen molar-refractivity contribution in [3.8, 4) is 0 Å². The summed E-state index contributed by atoms with van der Waals surface area (Å²) in [6.45, 7) is 3.23. The maximum atomic E-state index is 12.8. The summed E-state index contributed by atoms with van der Waals surface area (Å²) in [6.07, 6.45) is 7.99. The molecular weight excluding hydrogens is 400 g/mol. The molecule has 1 aliphatic carbocycles. The van der Waals surface area contributed by atoms with E-state index in [2.05, 4.69) is 15.6 Å². The van der Waals surface area contributed by atoms with Gasteiger partial charge in [0.05, 0.1) is 19.0 Å². The van der Waals surface area contributed by atoms with Crippen LogP contribution in [-0.2, 0) is 27.1 Å². The van der Waals surface area contributed by atoms with Gasteiger partial charge in [-0.3, -0.25) is 4.99 Å². The Bertz CT molecular complexity index is 785. The monoisotopic (exact) mass is 436 g/mol. The highest BCUT2D eigenvalue weighted by atomic mass is 32.2. The van der Waals surface area contributed by atoms with Gasteiger partial charge in [-0.1, -0.05) is 49.9 Å². The van der Waals surface area contributed by atoms with Gasteiger partial charge in [-0.05, 0) is 29.9 Å². The second-order valence-electron chi connectivity index (χ2n) is 8.18. The van der Waals surface area contributed by atoms with Crippen molar-refractivity contribution >= 4 is 16.0 Å². The van der Waals surface area contributed by atoms with Crippen molar-refractivity contribution in [1.82, 2.24) is 14.9 Å². The zero-order valence-corrected chi connectivity index (χ0v) is 18.9. The van der Waals surface area contributed by atoms with Crippen LogP contribution in [0.15, 0.2) is 29.3 Å².